The highest BCUT2D eigenvalue weighted by Gasteiger charge is 2.21. The third-order valence-corrected chi connectivity index (χ3v) is 3.46. The summed E-state index contributed by atoms with van der Waals surface area (Å²) in [6.07, 6.45) is 0. The standard InChI is InChI=1S/C15H17N3O4/c1-9(15(21)22)13-10-6-4-5-7-11(10)14(20)18(16-13)8-12(19)17(2)3/h4-7,9H,8H2,1-3H3,(H,21,22)/t9-/m0/s1. The zero-order chi connectivity index (χ0) is 16.4. The lowest BCUT2D eigenvalue weighted by molar-refractivity contribution is -0.138. The fraction of sp³-hybridized carbons (Fsp3) is 0.333. The molecule has 1 aromatic carbocycles. The van der Waals surface area contributed by atoms with Crippen LogP contribution in [0.15, 0.2) is 29.1 Å². The fourth-order valence-electron chi connectivity index (χ4n) is 2.07. The minimum atomic E-state index is -1.04. The van der Waals surface area contributed by atoms with Crippen LogP contribution in [0.25, 0.3) is 10.8 Å². The number of aliphatic carboxylic acids is 1. The molecule has 0 fully saturated rings. The van der Waals surface area contributed by atoms with E-state index in [9.17, 15) is 19.5 Å². The Bertz CT molecular complexity index is 795. The number of rotatable bonds is 4. The van der Waals surface area contributed by atoms with Crippen LogP contribution in [0.3, 0.4) is 0 Å². The second kappa shape index (κ2) is 5.97. The Balaban J connectivity index is 2.68. The van der Waals surface area contributed by atoms with Gasteiger partial charge in [-0.1, -0.05) is 18.2 Å². The van der Waals surface area contributed by atoms with E-state index in [2.05, 4.69) is 5.10 Å². The van der Waals surface area contributed by atoms with Gasteiger partial charge in [0.2, 0.25) is 5.91 Å². The number of amides is 1. The van der Waals surface area contributed by atoms with Gasteiger partial charge >= 0.3 is 5.97 Å². The highest BCUT2D eigenvalue weighted by atomic mass is 16.4. The number of likely N-dealkylation sites (N-methyl/N-ethyl adjacent to an activating group) is 1. The van der Waals surface area contributed by atoms with Crippen molar-refractivity contribution in [2.24, 2.45) is 0 Å². The summed E-state index contributed by atoms with van der Waals surface area (Å²) >= 11 is 0. The quantitative estimate of drug-likeness (QED) is 0.896. The molecule has 0 unspecified atom stereocenters. The molecule has 0 aliphatic carbocycles. The third-order valence-electron chi connectivity index (χ3n) is 3.46. The summed E-state index contributed by atoms with van der Waals surface area (Å²) < 4.78 is 1.03. The monoisotopic (exact) mass is 303 g/mol. The molecule has 0 bridgehead atoms. The number of aromatic nitrogens is 2. The molecule has 1 heterocycles. The zero-order valence-electron chi connectivity index (χ0n) is 12.6. The van der Waals surface area contributed by atoms with Crippen LogP contribution in [0.5, 0.6) is 0 Å². The second-order valence-electron chi connectivity index (χ2n) is 5.24. The van der Waals surface area contributed by atoms with Crippen molar-refractivity contribution in [2.45, 2.75) is 19.4 Å². The van der Waals surface area contributed by atoms with E-state index in [1.807, 2.05) is 0 Å². The molecule has 2 rings (SSSR count). The number of carboxylic acids is 1. The fourth-order valence-corrected chi connectivity index (χ4v) is 2.07. The minimum Gasteiger partial charge on any atom is -0.481 e. The number of carbonyl (C=O) groups excluding carboxylic acids is 1. The lowest BCUT2D eigenvalue weighted by Crippen LogP contribution is -2.34. The Labute approximate surface area is 126 Å². The molecule has 116 valence electrons. The maximum absolute atomic E-state index is 12.4. The molecule has 1 atom stereocenters. The summed E-state index contributed by atoms with van der Waals surface area (Å²) in [6.45, 7) is 1.27. The molecule has 1 aromatic heterocycles. The van der Waals surface area contributed by atoms with Gasteiger partial charge < -0.3 is 10.0 Å². The normalized spacial score (nSPS) is 12.1. The van der Waals surface area contributed by atoms with Gasteiger partial charge in [0.1, 0.15) is 6.54 Å². The van der Waals surface area contributed by atoms with Crippen molar-refractivity contribution in [3.8, 4) is 0 Å². The molecule has 1 amide bonds. The zero-order valence-corrected chi connectivity index (χ0v) is 12.6. The van der Waals surface area contributed by atoms with Gasteiger partial charge in [-0.25, -0.2) is 4.68 Å². The number of carbonyl (C=O) groups is 2. The van der Waals surface area contributed by atoms with Gasteiger partial charge in [-0.3, -0.25) is 14.4 Å². The summed E-state index contributed by atoms with van der Waals surface area (Å²) in [5, 5.41) is 14.2. The maximum atomic E-state index is 12.4. The number of carboxylic acid groups (broad SMARTS) is 1. The Morgan fingerprint density at radius 3 is 2.41 bits per heavy atom. The Hall–Kier alpha value is -2.70. The van der Waals surface area contributed by atoms with Crippen LogP contribution in [0.4, 0.5) is 0 Å². The van der Waals surface area contributed by atoms with Crippen molar-refractivity contribution in [3.63, 3.8) is 0 Å². The Kier molecular flexibility index (Phi) is 4.25. The van der Waals surface area contributed by atoms with Crippen LogP contribution in [0.1, 0.15) is 18.5 Å². The number of fused-ring (bicyclic) bond motifs is 1. The highest BCUT2D eigenvalue weighted by Crippen LogP contribution is 2.21. The van der Waals surface area contributed by atoms with Gasteiger partial charge in [-0.05, 0) is 13.0 Å². The predicted octanol–water partition coefficient (Wildman–Crippen LogP) is 0.673. The molecule has 2 aromatic rings. The van der Waals surface area contributed by atoms with E-state index < -0.39 is 17.4 Å². The van der Waals surface area contributed by atoms with Gasteiger partial charge in [0, 0.05) is 19.5 Å². The van der Waals surface area contributed by atoms with Gasteiger partial charge in [0.15, 0.2) is 0 Å². The van der Waals surface area contributed by atoms with Crippen molar-refractivity contribution in [3.05, 3.63) is 40.3 Å². The average Bonchev–Trinajstić information content (AvgIpc) is 2.49. The van der Waals surface area contributed by atoms with E-state index in [4.69, 9.17) is 0 Å². The Morgan fingerprint density at radius 2 is 1.86 bits per heavy atom. The van der Waals surface area contributed by atoms with Gasteiger partial charge in [-0.2, -0.15) is 5.10 Å². The van der Waals surface area contributed by atoms with Gasteiger partial charge in [0.25, 0.3) is 5.56 Å². The van der Waals surface area contributed by atoms with E-state index in [0.29, 0.717) is 10.8 Å². The van der Waals surface area contributed by atoms with Crippen molar-refractivity contribution in [1.29, 1.82) is 0 Å². The molecular formula is C15H17N3O4. The lowest BCUT2D eigenvalue weighted by Gasteiger charge is -2.15. The van der Waals surface area contributed by atoms with Gasteiger partial charge in [-0.15, -0.1) is 0 Å². The van der Waals surface area contributed by atoms with E-state index in [0.717, 1.165) is 4.68 Å². The smallest absolute Gasteiger partial charge is 0.312 e. The molecule has 7 nitrogen and oxygen atoms in total. The molecule has 0 saturated carbocycles. The number of nitrogens with zero attached hydrogens (tertiary/aromatic N) is 3. The molecule has 0 saturated heterocycles. The first-order chi connectivity index (χ1) is 10.3. The van der Waals surface area contributed by atoms with Crippen molar-refractivity contribution in [2.75, 3.05) is 14.1 Å². The molecule has 7 heteroatoms. The number of hydrogen-bond acceptors (Lipinski definition) is 4. The summed E-state index contributed by atoms with van der Waals surface area (Å²) in [7, 11) is 3.16. The molecule has 0 aliphatic rings. The maximum Gasteiger partial charge on any atom is 0.312 e. The topological polar surface area (TPSA) is 92.5 Å². The van der Waals surface area contributed by atoms with Crippen LogP contribution in [-0.2, 0) is 16.1 Å². The predicted molar refractivity (Wildman–Crippen MR) is 80.7 cm³/mol. The first kappa shape index (κ1) is 15.7. The average molecular weight is 303 g/mol. The molecule has 22 heavy (non-hydrogen) atoms. The summed E-state index contributed by atoms with van der Waals surface area (Å²) in [4.78, 5) is 36.9. The van der Waals surface area contributed by atoms with Crippen LogP contribution in [0, 0.1) is 0 Å². The second-order valence-corrected chi connectivity index (χ2v) is 5.24. The van der Waals surface area contributed by atoms with Crippen LogP contribution in [0.2, 0.25) is 0 Å². The lowest BCUT2D eigenvalue weighted by atomic mass is 10.0. The van der Waals surface area contributed by atoms with E-state index >= 15 is 0 Å². The van der Waals surface area contributed by atoms with Crippen LogP contribution in [-0.4, -0.2) is 45.8 Å². The number of benzene rings is 1. The van der Waals surface area contributed by atoms with E-state index in [1.165, 1.54) is 11.8 Å². The largest absolute Gasteiger partial charge is 0.481 e. The molecule has 0 aliphatic heterocycles. The molecular weight excluding hydrogens is 286 g/mol. The van der Waals surface area contributed by atoms with Crippen molar-refractivity contribution < 1.29 is 14.7 Å². The van der Waals surface area contributed by atoms with Gasteiger partial charge in [0.05, 0.1) is 17.0 Å². The first-order valence-corrected chi connectivity index (χ1v) is 6.75. The van der Waals surface area contributed by atoms with Crippen LogP contribution >= 0.6 is 0 Å². The van der Waals surface area contributed by atoms with Crippen molar-refractivity contribution in [1.82, 2.24) is 14.7 Å². The summed E-state index contributed by atoms with van der Waals surface area (Å²) in [5.74, 6) is -2.22. The summed E-state index contributed by atoms with van der Waals surface area (Å²) in [6, 6.07) is 6.68. The van der Waals surface area contributed by atoms with E-state index in [1.54, 1.807) is 38.4 Å². The SMILES string of the molecule is C[C@H](C(=O)O)c1nn(CC(=O)N(C)C)c(=O)c2ccccc12. The van der Waals surface area contributed by atoms with Crippen molar-refractivity contribution >= 4 is 22.6 Å². The third kappa shape index (κ3) is 2.83. The molecule has 0 spiro atoms. The van der Waals surface area contributed by atoms with Crippen LogP contribution < -0.4 is 5.56 Å². The highest BCUT2D eigenvalue weighted by molar-refractivity contribution is 5.88. The first-order valence-electron chi connectivity index (χ1n) is 6.75. The number of hydrogen-bond donors (Lipinski definition) is 1. The molecule has 1 N–H and O–H groups in total. The molecule has 0 radical (unpaired) electrons. The van der Waals surface area contributed by atoms with E-state index in [-0.39, 0.29) is 18.1 Å². The minimum absolute atomic E-state index is 0.226. The summed E-state index contributed by atoms with van der Waals surface area (Å²) in [5.41, 5.74) is -0.138. The Morgan fingerprint density at radius 1 is 1.27 bits per heavy atom.